The molecule has 0 bridgehead atoms. The molecule has 24 heavy (non-hydrogen) atoms. The van der Waals surface area contributed by atoms with Crippen LogP contribution in [0.1, 0.15) is 33.1 Å². The Kier molecular flexibility index (Phi) is 11.5. The standard InChI is InChI=1S/C18H29N3OS.HI/c1-3-19-18(20-12-11-16-8-7-13-22-16)21-14-15(2)23-17-9-5-4-6-10-17;/h4-6,9-10,15-16H,3,7-8,11-14H2,1-2H3,(H2,19,20,21);1H. The highest BCUT2D eigenvalue weighted by atomic mass is 127. The van der Waals surface area contributed by atoms with Crippen LogP contribution in [0.5, 0.6) is 0 Å². The molecule has 1 aliphatic rings. The van der Waals surface area contributed by atoms with Crippen molar-refractivity contribution >= 4 is 41.7 Å². The summed E-state index contributed by atoms with van der Waals surface area (Å²) in [5.74, 6) is 0.908. The number of rotatable bonds is 8. The number of aliphatic imine (C=N–C) groups is 1. The van der Waals surface area contributed by atoms with E-state index in [1.165, 1.54) is 17.7 Å². The molecule has 136 valence electrons. The molecule has 6 heteroatoms. The quantitative estimate of drug-likeness (QED) is 0.266. The van der Waals surface area contributed by atoms with Gasteiger partial charge in [-0.3, -0.25) is 4.99 Å². The van der Waals surface area contributed by atoms with Crippen molar-refractivity contribution in [2.24, 2.45) is 4.99 Å². The van der Waals surface area contributed by atoms with Crippen LogP contribution in [-0.4, -0.2) is 43.6 Å². The van der Waals surface area contributed by atoms with E-state index in [2.05, 4.69) is 48.7 Å². The predicted octanol–water partition coefficient (Wildman–Crippen LogP) is 3.91. The molecule has 0 amide bonds. The number of hydrogen-bond acceptors (Lipinski definition) is 3. The first-order valence-corrected chi connectivity index (χ1v) is 9.51. The second kappa shape index (κ2) is 12.8. The molecular formula is C18H30IN3OS. The molecule has 2 N–H and O–H groups in total. The Labute approximate surface area is 167 Å². The minimum atomic E-state index is 0. The van der Waals surface area contributed by atoms with E-state index in [0.29, 0.717) is 11.4 Å². The van der Waals surface area contributed by atoms with Gasteiger partial charge >= 0.3 is 0 Å². The summed E-state index contributed by atoms with van der Waals surface area (Å²) in [5.41, 5.74) is 0. The summed E-state index contributed by atoms with van der Waals surface area (Å²) >= 11 is 1.87. The summed E-state index contributed by atoms with van der Waals surface area (Å²) in [5, 5.41) is 7.18. The van der Waals surface area contributed by atoms with Gasteiger partial charge in [0.2, 0.25) is 0 Å². The van der Waals surface area contributed by atoms with Crippen LogP contribution in [0.15, 0.2) is 40.2 Å². The van der Waals surface area contributed by atoms with Crippen molar-refractivity contribution in [2.75, 3.05) is 26.2 Å². The van der Waals surface area contributed by atoms with E-state index in [-0.39, 0.29) is 24.0 Å². The first-order valence-electron chi connectivity index (χ1n) is 8.63. The Morgan fingerprint density at radius 1 is 1.33 bits per heavy atom. The van der Waals surface area contributed by atoms with Crippen molar-refractivity contribution in [3.63, 3.8) is 0 Å². The fraction of sp³-hybridized carbons (Fsp3) is 0.611. The lowest BCUT2D eigenvalue weighted by Crippen LogP contribution is -2.39. The highest BCUT2D eigenvalue weighted by Crippen LogP contribution is 2.22. The van der Waals surface area contributed by atoms with Crippen LogP contribution in [0.4, 0.5) is 0 Å². The van der Waals surface area contributed by atoms with Crippen LogP contribution in [0.3, 0.4) is 0 Å². The highest BCUT2D eigenvalue weighted by Gasteiger charge is 2.14. The van der Waals surface area contributed by atoms with E-state index in [4.69, 9.17) is 9.73 Å². The van der Waals surface area contributed by atoms with Gasteiger partial charge in [0.1, 0.15) is 0 Å². The van der Waals surface area contributed by atoms with E-state index in [1.54, 1.807) is 0 Å². The zero-order chi connectivity index (χ0) is 16.3. The third-order valence-corrected chi connectivity index (χ3v) is 4.81. The molecule has 1 aliphatic heterocycles. The van der Waals surface area contributed by atoms with Gasteiger partial charge in [-0.05, 0) is 38.3 Å². The van der Waals surface area contributed by atoms with Crippen LogP contribution in [0.25, 0.3) is 0 Å². The number of guanidine groups is 1. The number of halogens is 1. The molecule has 1 aromatic carbocycles. The van der Waals surface area contributed by atoms with Crippen molar-refractivity contribution in [1.29, 1.82) is 0 Å². The molecule has 1 saturated heterocycles. The van der Waals surface area contributed by atoms with Gasteiger partial charge in [-0.15, -0.1) is 35.7 Å². The lowest BCUT2D eigenvalue weighted by atomic mass is 10.2. The molecule has 0 aliphatic carbocycles. The van der Waals surface area contributed by atoms with Gasteiger partial charge in [-0.1, -0.05) is 25.1 Å². The van der Waals surface area contributed by atoms with Crippen LogP contribution < -0.4 is 10.6 Å². The SMILES string of the molecule is CCNC(=NCC(C)Sc1ccccc1)NCCC1CCCO1.I. The monoisotopic (exact) mass is 463 g/mol. The van der Waals surface area contributed by atoms with E-state index < -0.39 is 0 Å². The maximum absolute atomic E-state index is 5.66. The third-order valence-electron chi connectivity index (χ3n) is 3.71. The molecule has 1 heterocycles. The smallest absolute Gasteiger partial charge is 0.191 e. The highest BCUT2D eigenvalue weighted by molar-refractivity contribution is 14.0. The lowest BCUT2D eigenvalue weighted by Gasteiger charge is -2.15. The molecular weight excluding hydrogens is 433 g/mol. The fourth-order valence-electron chi connectivity index (χ4n) is 2.55. The Hall–Kier alpha value is -0.470. The van der Waals surface area contributed by atoms with Crippen molar-refractivity contribution in [3.8, 4) is 0 Å². The maximum Gasteiger partial charge on any atom is 0.191 e. The number of hydrogen-bond donors (Lipinski definition) is 2. The van der Waals surface area contributed by atoms with Crippen LogP contribution >= 0.6 is 35.7 Å². The summed E-state index contributed by atoms with van der Waals surface area (Å²) in [7, 11) is 0. The summed E-state index contributed by atoms with van der Waals surface area (Å²) in [6.45, 7) is 7.83. The molecule has 2 rings (SSSR count). The minimum Gasteiger partial charge on any atom is -0.378 e. The first-order chi connectivity index (χ1) is 11.3. The van der Waals surface area contributed by atoms with Gasteiger partial charge in [0, 0.05) is 29.8 Å². The van der Waals surface area contributed by atoms with Gasteiger partial charge in [-0.25, -0.2) is 0 Å². The molecule has 2 atom stereocenters. The van der Waals surface area contributed by atoms with Gasteiger partial charge in [-0.2, -0.15) is 0 Å². The lowest BCUT2D eigenvalue weighted by molar-refractivity contribution is 0.105. The molecule has 1 aromatic rings. The van der Waals surface area contributed by atoms with Gasteiger partial charge in [0.25, 0.3) is 0 Å². The fourth-order valence-corrected chi connectivity index (χ4v) is 3.48. The van der Waals surface area contributed by atoms with E-state index in [1.807, 2.05) is 17.8 Å². The summed E-state index contributed by atoms with van der Waals surface area (Å²) in [4.78, 5) is 6.00. The Morgan fingerprint density at radius 3 is 2.79 bits per heavy atom. The Bertz CT molecular complexity index is 467. The largest absolute Gasteiger partial charge is 0.378 e. The molecule has 0 radical (unpaired) electrons. The normalized spacial score (nSPS) is 18.8. The maximum atomic E-state index is 5.66. The molecule has 0 aromatic heterocycles. The molecule has 4 nitrogen and oxygen atoms in total. The van der Waals surface area contributed by atoms with E-state index in [0.717, 1.165) is 38.6 Å². The van der Waals surface area contributed by atoms with Crippen molar-refractivity contribution in [3.05, 3.63) is 30.3 Å². The van der Waals surface area contributed by atoms with Crippen molar-refractivity contribution in [2.45, 2.75) is 49.4 Å². The van der Waals surface area contributed by atoms with Gasteiger partial charge < -0.3 is 15.4 Å². The van der Waals surface area contributed by atoms with E-state index >= 15 is 0 Å². The molecule has 2 unspecified atom stereocenters. The van der Waals surface area contributed by atoms with Crippen molar-refractivity contribution in [1.82, 2.24) is 10.6 Å². The number of thioether (sulfide) groups is 1. The second-order valence-electron chi connectivity index (χ2n) is 5.81. The topological polar surface area (TPSA) is 45.7 Å². The summed E-state index contributed by atoms with van der Waals surface area (Å²) in [6, 6.07) is 10.5. The first kappa shape index (κ1) is 21.6. The van der Waals surface area contributed by atoms with E-state index in [9.17, 15) is 0 Å². The molecule has 0 saturated carbocycles. The van der Waals surface area contributed by atoms with Crippen LogP contribution in [-0.2, 0) is 4.74 Å². The zero-order valence-corrected chi connectivity index (χ0v) is 17.8. The number of benzene rings is 1. The van der Waals surface area contributed by atoms with Gasteiger partial charge in [0.15, 0.2) is 5.96 Å². The number of nitrogens with zero attached hydrogens (tertiary/aromatic N) is 1. The second-order valence-corrected chi connectivity index (χ2v) is 7.32. The predicted molar refractivity (Wildman–Crippen MR) is 115 cm³/mol. The summed E-state index contributed by atoms with van der Waals surface area (Å²) in [6.07, 6.45) is 3.88. The van der Waals surface area contributed by atoms with Gasteiger partial charge in [0.05, 0.1) is 12.6 Å². The average Bonchev–Trinajstić information content (AvgIpc) is 3.07. The average molecular weight is 463 g/mol. The molecule has 0 spiro atoms. The number of ether oxygens (including phenoxy) is 1. The summed E-state index contributed by atoms with van der Waals surface area (Å²) < 4.78 is 5.66. The van der Waals surface area contributed by atoms with Crippen LogP contribution in [0, 0.1) is 0 Å². The number of nitrogens with one attached hydrogen (secondary N) is 2. The minimum absolute atomic E-state index is 0. The van der Waals surface area contributed by atoms with Crippen LogP contribution in [0.2, 0.25) is 0 Å². The zero-order valence-electron chi connectivity index (χ0n) is 14.7. The Morgan fingerprint density at radius 2 is 2.12 bits per heavy atom. The molecule has 1 fully saturated rings. The Balaban J connectivity index is 0.00000288. The third kappa shape index (κ3) is 8.58. The van der Waals surface area contributed by atoms with Crippen molar-refractivity contribution < 1.29 is 4.74 Å².